The van der Waals surface area contributed by atoms with Gasteiger partial charge < -0.3 is 10.1 Å². The van der Waals surface area contributed by atoms with E-state index in [0.29, 0.717) is 11.8 Å². The molecule has 1 amide bonds. The largest absolute Gasteiger partial charge is 0.484 e. The highest BCUT2D eigenvalue weighted by Crippen LogP contribution is 2.16. The molecule has 19 heavy (non-hydrogen) atoms. The van der Waals surface area contributed by atoms with E-state index < -0.39 is 0 Å². The van der Waals surface area contributed by atoms with E-state index in [2.05, 4.69) is 33.0 Å². The number of amides is 1. The Hall–Kier alpha value is -1.51. The smallest absolute Gasteiger partial charge is 0.258 e. The van der Waals surface area contributed by atoms with Crippen LogP contribution < -0.4 is 10.1 Å². The normalized spacial score (nSPS) is 11.2. The third-order valence-corrected chi connectivity index (χ3v) is 3.22. The van der Waals surface area contributed by atoms with Crippen molar-refractivity contribution in [3.63, 3.8) is 0 Å². The molecule has 1 aromatic carbocycles. The molecule has 0 aliphatic heterocycles. The topological polar surface area (TPSA) is 38.3 Å². The van der Waals surface area contributed by atoms with Gasteiger partial charge in [0, 0.05) is 6.04 Å². The molecule has 1 N–H and O–H groups in total. The van der Waals surface area contributed by atoms with E-state index in [9.17, 15) is 4.79 Å². The first-order valence-corrected chi connectivity index (χ1v) is 6.89. The van der Waals surface area contributed by atoms with Crippen molar-refractivity contribution in [3.05, 3.63) is 29.8 Å². The zero-order chi connectivity index (χ0) is 14.4. The fraction of sp³-hybridized carbons (Fsp3) is 0.562. The second-order valence-corrected chi connectivity index (χ2v) is 5.64. The Bertz CT molecular complexity index is 405. The maximum atomic E-state index is 11.9. The number of nitrogens with one attached hydrogen (secondary N) is 1. The standard InChI is InChI=1S/C16H25NO2/c1-11(2)16(12(3)4)17-15(18)10-19-14-9-7-6-8-13(14)5/h6-9,11-12,16H,10H2,1-5H3,(H,17,18). The van der Waals surface area contributed by atoms with Gasteiger partial charge >= 0.3 is 0 Å². The maximum Gasteiger partial charge on any atom is 0.258 e. The van der Waals surface area contributed by atoms with Crippen LogP contribution in [0.25, 0.3) is 0 Å². The Morgan fingerprint density at radius 3 is 2.26 bits per heavy atom. The lowest BCUT2D eigenvalue weighted by molar-refractivity contribution is -0.124. The first-order chi connectivity index (χ1) is 8.91. The van der Waals surface area contributed by atoms with Crippen molar-refractivity contribution in [2.75, 3.05) is 6.61 Å². The zero-order valence-corrected chi connectivity index (χ0v) is 12.6. The summed E-state index contributed by atoms with van der Waals surface area (Å²) in [5.41, 5.74) is 1.04. The van der Waals surface area contributed by atoms with Crippen molar-refractivity contribution >= 4 is 5.91 Å². The number of hydrogen-bond donors (Lipinski definition) is 1. The first-order valence-electron chi connectivity index (χ1n) is 6.89. The molecule has 0 radical (unpaired) electrons. The van der Waals surface area contributed by atoms with Crippen LogP contribution in [0.15, 0.2) is 24.3 Å². The van der Waals surface area contributed by atoms with E-state index in [1.165, 1.54) is 0 Å². The molecule has 0 saturated heterocycles. The van der Waals surface area contributed by atoms with Crippen LogP contribution in [0.3, 0.4) is 0 Å². The highest BCUT2D eigenvalue weighted by atomic mass is 16.5. The molecule has 1 aromatic rings. The Morgan fingerprint density at radius 1 is 1.16 bits per heavy atom. The van der Waals surface area contributed by atoms with Crippen molar-refractivity contribution in [2.45, 2.75) is 40.7 Å². The fourth-order valence-corrected chi connectivity index (χ4v) is 2.19. The molecule has 0 atom stereocenters. The zero-order valence-electron chi connectivity index (χ0n) is 12.6. The minimum absolute atomic E-state index is 0.0596. The fourth-order valence-electron chi connectivity index (χ4n) is 2.19. The van der Waals surface area contributed by atoms with Gasteiger partial charge in [0.05, 0.1) is 0 Å². The predicted octanol–water partition coefficient (Wildman–Crippen LogP) is 3.17. The van der Waals surface area contributed by atoms with Gasteiger partial charge in [-0.2, -0.15) is 0 Å². The number of carbonyl (C=O) groups excluding carboxylic acids is 1. The summed E-state index contributed by atoms with van der Waals surface area (Å²) >= 11 is 0. The number of carbonyl (C=O) groups is 1. The highest BCUT2D eigenvalue weighted by Gasteiger charge is 2.19. The Balaban J connectivity index is 2.50. The Morgan fingerprint density at radius 2 is 1.74 bits per heavy atom. The molecule has 0 spiro atoms. The number of aryl methyl sites for hydroxylation is 1. The minimum atomic E-state index is -0.0596. The van der Waals surface area contributed by atoms with E-state index >= 15 is 0 Å². The Labute approximate surface area is 116 Å². The van der Waals surface area contributed by atoms with Gasteiger partial charge in [-0.15, -0.1) is 0 Å². The van der Waals surface area contributed by atoms with Crippen LogP contribution in [0.5, 0.6) is 5.75 Å². The average Bonchev–Trinajstić information content (AvgIpc) is 2.34. The third-order valence-electron chi connectivity index (χ3n) is 3.22. The van der Waals surface area contributed by atoms with Crippen molar-refractivity contribution in [3.8, 4) is 5.75 Å². The number of ether oxygens (including phenoxy) is 1. The van der Waals surface area contributed by atoms with Gasteiger partial charge in [-0.25, -0.2) is 0 Å². The van der Waals surface area contributed by atoms with Crippen LogP contribution in [-0.2, 0) is 4.79 Å². The molecule has 0 aromatic heterocycles. The van der Waals surface area contributed by atoms with Gasteiger partial charge in [-0.1, -0.05) is 45.9 Å². The van der Waals surface area contributed by atoms with E-state index in [1.807, 2.05) is 31.2 Å². The van der Waals surface area contributed by atoms with E-state index in [4.69, 9.17) is 4.74 Å². The number of hydrogen-bond acceptors (Lipinski definition) is 2. The van der Waals surface area contributed by atoms with Crippen LogP contribution in [0.1, 0.15) is 33.3 Å². The lowest BCUT2D eigenvalue weighted by Crippen LogP contribution is -2.44. The molecule has 0 heterocycles. The summed E-state index contributed by atoms with van der Waals surface area (Å²) < 4.78 is 5.55. The molecule has 0 bridgehead atoms. The summed E-state index contributed by atoms with van der Waals surface area (Å²) in [5, 5.41) is 3.04. The second-order valence-electron chi connectivity index (χ2n) is 5.64. The average molecular weight is 263 g/mol. The van der Waals surface area contributed by atoms with Gasteiger partial charge in [0.25, 0.3) is 5.91 Å². The van der Waals surface area contributed by atoms with Crippen LogP contribution in [-0.4, -0.2) is 18.6 Å². The molecular formula is C16H25NO2. The molecule has 106 valence electrons. The van der Waals surface area contributed by atoms with Crippen molar-refractivity contribution < 1.29 is 9.53 Å². The highest BCUT2D eigenvalue weighted by molar-refractivity contribution is 5.77. The van der Waals surface area contributed by atoms with Gasteiger partial charge in [-0.3, -0.25) is 4.79 Å². The van der Waals surface area contributed by atoms with Gasteiger partial charge in [0.15, 0.2) is 6.61 Å². The lowest BCUT2D eigenvalue weighted by Gasteiger charge is -2.26. The predicted molar refractivity (Wildman–Crippen MR) is 78.3 cm³/mol. The minimum Gasteiger partial charge on any atom is -0.484 e. The third kappa shape index (κ3) is 4.93. The molecule has 3 heteroatoms. The molecule has 0 aliphatic carbocycles. The lowest BCUT2D eigenvalue weighted by atomic mass is 9.93. The van der Waals surface area contributed by atoms with Crippen LogP contribution in [0.4, 0.5) is 0 Å². The molecule has 0 aliphatic rings. The summed E-state index contributed by atoms with van der Waals surface area (Å²) in [4.78, 5) is 11.9. The summed E-state index contributed by atoms with van der Waals surface area (Å²) in [5.74, 6) is 1.55. The van der Waals surface area contributed by atoms with Crippen LogP contribution in [0.2, 0.25) is 0 Å². The monoisotopic (exact) mass is 263 g/mol. The maximum absolute atomic E-state index is 11.9. The SMILES string of the molecule is Cc1ccccc1OCC(=O)NC(C(C)C)C(C)C. The molecule has 1 rings (SSSR count). The Kier molecular flexibility index (Phi) is 5.87. The molecule has 0 unspecified atom stereocenters. The van der Waals surface area contributed by atoms with Gasteiger partial charge in [0.2, 0.25) is 0 Å². The molecular weight excluding hydrogens is 238 g/mol. The van der Waals surface area contributed by atoms with Gasteiger partial charge in [-0.05, 0) is 30.4 Å². The van der Waals surface area contributed by atoms with E-state index in [-0.39, 0.29) is 18.6 Å². The quantitative estimate of drug-likeness (QED) is 0.856. The molecule has 0 saturated carbocycles. The van der Waals surface area contributed by atoms with E-state index in [0.717, 1.165) is 11.3 Å². The van der Waals surface area contributed by atoms with Crippen LogP contribution in [0, 0.1) is 18.8 Å². The number of para-hydroxylation sites is 1. The summed E-state index contributed by atoms with van der Waals surface area (Å²) in [6.07, 6.45) is 0. The summed E-state index contributed by atoms with van der Waals surface area (Å²) in [6.45, 7) is 10.5. The van der Waals surface area contributed by atoms with Crippen molar-refractivity contribution in [1.82, 2.24) is 5.32 Å². The first kappa shape index (κ1) is 15.5. The number of benzene rings is 1. The number of rotatable bonds is 6. The summed E-state index contributed by atoms with van der Waals surface area (Å²) in [7, 11) is 0. The van der Waals surface area contributed by atoms with Crippen molar-refractivity contribution in [1.29, 1.82) is 0 Å². The summed E-state index contributed by atoms with van der Waals surface area (Å²) in [6, 6.07) is 7.90. The van der Waals surface area contributed by atoms with Crippen LogP contribution >= 0.6 is 0 Å². The molecule has 3 nitrogen and oxygen atoms in total. The van der Waals surface area contributed by atoms with Gasteiger partial charge in [0.1, 0.15) is 5.75 Å². The van der Waals surface area contributed by atoms with Crippen molar-refractivity contribution in [2.24, 2.45) is 11.8 Å². The van der Waals surface area contributed by atoms with E-state index in [1.54, 1.807) is 0 Å². The molecule has 0 fully saturated rings. The second kappa shape index (κ2) is 7.17.